The van der Waals surface area contributed by atoms with Crippen LogP contribution in [0, 0.1) is 0 Å². The molecule has 0 spiro atoms. The predicted octanol–water partition coefficient (Wildman–Crippen LogP) is 1.02. The number of likely N-dealkylation sites (N-methyl/N-ethyl adjacent to an activating group) is 1. The molecule has 2 N–H and O–H groups in total. The summed E-state index contributed by atoms with van der Waals surface area (Å²) in [4.78, 5) is 13.2. The average molecular weight is 266 g/mol. The van der Waals surface area contributed by atoms with E-state index in [-0.39, 0.29) is 5.97 Å². The van der Waals surface area contributed by atoms with Crippen LogP contribution in [0.3, 0.4) is 0 Å². The van der Waals surface area contributed by atoms with Gasteiger partial charge in [-0.25, -0.2) is 0 Å². The lowest BCUT2D eigenvalue weighted by Crippen LogP contribution is -2.33. The highest BCUT2D eigenvalue weighted by atomic mass is 16.5. The number of hydrogen-bond acceptors (Lipinski definition) is 5. The van der Waals surface area contributed by atoms with E-state index in [0.717, 1.165) is 17.9 Å². The Morgan fingerprint density at radius 2 is 2.21 bits per heavy atom. The number of carbonyl (C=O) groups is 1. The molecule has 19 heavy (non-hydrogen) atoms. The van der Waals surface area contributed by atoms with E-state index in [0.29, 0.717) is 26.2 Å². The normalized spacial score (nSPS) is 10.5. The molecule has 5 heteroatoms. The minimum atomic E-state index is -0.230. The van der Waals surface area contributed by atoms with Gasteiger partial charge in [0.05, 0.1) is 13.7 Å². The van der Waals surface area contributed by atoms with E-state index in [1.165, 1.54) is 7.11 Å². The summed E-state index contributed by atoms with van der Waals surface area (Å²) in [5.41, 5.74) is 6.61. The largest absolute Gasteiger partial charge is 0.492 e. The standard InChI is InChI=1S/C14H22N2O3/c1-3-16(11-14(17)18-2)7-8-19-13-6-4-5-12(9-13)10-15/h4-6,9H,3,7-8,10-11,15H2,1-2H3. The zero-order valence-electron chi connectivity index (χ0n) is 11.6. The first-order valence-electron chi connectivity index (χ1n) is 6.40. The van der Waals surface area contributed by atoms with E-state index in [1.54, 1.807) is 0 Å². The van der Waals surface area contributed by atoms with E-state index in [9.17, 15) is 4.79 Å². The summed E-state index contributed by atoms with van der Waals surface area (Å²) in [5, 5.41) is 0. The molecule has 0 aliphatic heterocycles. The first-order chi connectivity index (χ1) is 9.19. The van der Waals surface area contributed by atoms with E-state index in [2.05, 4.69) is 4.74 Å². The molecule has 0 unspecified atom stereocenters. The molecule has 0 saturated heterocycles. The minimum absolute atomic E-state index is 0.230. The Morgan fingerprint density at radius 3 is 2.84 bits per heavy atom. The summed E-state index contributed by atoms with van der Waals surface area (Å²) in [5.74, 6) is 0.573. The van der Waals surface area contributed by atoms with E-state index in [4.69, 9.17) is 10.5 Å². The molecule has 0 heterocycles. The number of rotatable bonds is 8. The van der Waals surface area contributed by atoms with Crippen molar-refractivity contribution < 1.29 is 14.3 Å². The van der Waals surface area contributed by atoms with Crippen LogP contribution in [0.15, 0.2) is 24.3 Å². The molecule has 0 bridgehead atoms. The monoisotopic (exact) mass is 266 g/mol. The second-order valence-electron chi connectivity index (χ2n) is 4.14. The van der Waals surface area contributed by atoms with Gasteiger partial charge in [-0.15, -0.1) is 0 Å². The van der Waals surface area contributed by atoms with Crippen molar-refractivity contribution >= 4 is 5.97 Å². The highest BCUT2D eigenvalue weighted by molar-refractivity contribution is 5.71. The van der Waals surface area contributed by atoms with Crippen LogP contribution in [0.1, 0.15) is 12.5 Å². The fraction of sp³-hybridized carbons (Fsp3) is 0.500. The summed E-state index contributed by atoms with van der Waals surface area (Å²) in [6, 6.07) is 7.71. The zero-order valence-corrected chi connectivity index (χ0v) is 11.6. The Hall–Kier alpha value is -1.59. The third-order valence-corrected chi connectivity index (χ3v) is 2.84. The number of methoxy groups -OCH3 is 1. The Kier molecular flexibility index (Phi) is 6.92. The number of esters is 1. The molecule has 0 amide bonds. The van der Waals surface area contributed by atoms with Gasteiger partial charge in [-0.3, -0.25) is 9.69 Å². The number of carbonyl (C=O) groups excluding carboxylic acids is 1. The summed E-state index contributed by atoms with van der Waals surface area (Å²) >= 11 is 0. The molecule has 0 fully saturated rings. The maximum atomic E-state index is 11.2. The van der Waals surface area contributed by atoms with E-state index in [1.807, 2.05) is 36.1 Å². The van der Waals surface area contributed by atoms with Gasteiger partial charge in [0.2, 0.25) is 0 Å². The van der Waals surface area contributed by atoms with Gasteiger partial charge in [-0.2, -0.15) is 0 Å². The van der Waals surface area contributed by atoms with Gasteiger partial charge in [0.25, 0.3) is 0 Å². The van der Waals surface area contributed by atoms with Crippen molar-refractivity contribution in [3.8, 4) is 5.75 Å². The van der Waals surface area contributed by atoms with Crippen molar-refractivity contribution in [2.75, 3.05) is 33.4 Å². The molecule has 1 aromatic rings. The minimum Gasteiger partial charge on any atom is -0.492 e. The van der Waals surface area contributed by atoms with Crippen LogP contribution >= 0.6 is 0 Å². The third-order valence-electron chi connectivity index (χ3n) is 2.84. The Morgan fingerprint density at radius 1 is 1.42 bits per heavy atom. The first kappa shape index (κ1) is 15.5. The molecular weight excluding hydrogens is 244 g/mol. The number of benzene rings is 1. The van der Waals surface area contributed by atoms with Gasteiger partial charge in [-0.05, 0) is 24.2 Å². The zero-order chi connectivity index (χ0) is 14.1. The van der Waals surface area contributed by atoms with Crippen LogP contribution in [0.25, 0.3) is 0 Å². The average Bonchev–Trinajstić information content (AvgIpc) is 2.46. The maximum absolute atomic E-state index is 11.2. The highest BCUT2D eigenvalue weighted by Gasteiger charge is 2.08. The fourth-order valence-electron chi connectivity index (χ4n) is 1.65. The summed E-state index contributed by atoms with van der Waals surface area (Å²) < 4.78 is 10.3. The van der Waals surface area contributed by atoms with Crippen LogP contribution in [-0.4, -0.2) is 44.2 Å². The molecule has 0 aliphatic rings. The highest BCUT2D eigenvalue weighted by Crippen LogP contribution is 2.12. The van der Waals surface area contributed by atoms with Gasteiger partial charge >= 0.3 is 5.97 Å². The molecular formula is C14H22N2O3. The molecule has 0 saturated carbocycles. The predicted molar refractivity (Wildman–Crippen MR) is 74.0 cm³/mol. The SMILES string of the molecule is CCN(CCOc1cccc(CN)c1)CC(=O)OC. The van der Waals surface area contributed by atoms with Crippen LogP contribution in [0.4, 0.5) is 0 Å². The van der Waals surface area contributed by atoms with Gasteiger partial charge in [0.15, 0.2) is 0 Å². The van der Waals surface area contributed by atoms with Gasteiger partial charge in [-0.1, -0.05) is 19.1 Å². The molecule has 5 nitrogen and oxygen atoms in total. The third kappa shape index (κ3) is 5.72. The van der Waals surface area contributed by atoms with Crippen LogP contribution < -0.4 is 10.5 Å². The van der Waals surface area contributed by atoms with Gasteiger partial charge in [0, 0.05) is 13.1 Å². The second kappa shape index (κ2) is 8.50. The Labute approximate surface area is 114 Å². The Bertz CT molecular complexity index is 396. The maximum Gasteiger partial charge on any atom is 0.319 e. The van der Waals surface area contributed by atoms with Crippen molar-refractivity contribution in [1.29, 1.82) is 0 Å². The van der Waals surface area contributed by atoms with Gasteiger partial charge < -0.3 is 15.2 Å². The lowest BCUT2D eigenvalue weighted by Gasteiger charge is -2.19. The van der Waals surface area contributed by atoms with Crippen LogP contribution in [0.2, 0.25) is 0 Å². The van der Waals surface area contributed by atoms with Crippen molar-refractivity contribution in [1.82, 2.24) is 4.90 Å². The summed E-state index contributed by atoms with van der Waals surface area (Å²) in [7, 11) is 1.39. The lowest BCUT2D eigenvalue weighted by atomic mass is 10.2. The van der Waals surface area contributed by atoms with Crippen molar-refractivity contribution in [3.05, 3.63) is 29.8 Å². The van der Waals surface area contributed by atoms with Crippen molar-refractivity contribution in [2.45, 2.75) is 13.5 Å². The van der Waals surface area contributed by atoms with E-state index >= 15 is 0 Å². The first-order valence-corrected chi connectivity index (χ1v) is 6.40. The van der Waals surface area contributed by atoms with Crippen molar-refractivity contribution in [3.63, 3.8) is 0 Å². The number of hydrogen-bond donors (Lipinski definition) is 1. The summed E-state index contributed by atoms with van der Waals surface area (Å²) in [6.45, 7) is 4.77. The molecule has 0 aliphatic carbocycles. The van der Waals surface area contributed by atoms with Crippen LogP contribution in [-0.2, 0) is 16.1 Å². The van der Waals surface area contributed by atoms with Gasteiger partial charge in [0.1, 0.15) is 12.4 Å². The lowest BCUT2D eigenvalue weighted by molar-refractivity contribution is -0.141. The number of nitrogens with zero attached hydrogens (tertiary/aromatic N) is 1. The molecule has 1 rings (SSSR count). The molecule has 0 aromatic heterocycles. The van der Waals surface area contributed by atoms with Crippen molar-refractivity contribution in [2.24, 2.45) is 5.73 Å². The Balaban J connectivity index is 2.37. The molecule has 0 atom stereocenters. The molecule has 0 radical (unpaired) electrons. The quantitative estimate of drug-likeness (QED) is 0.712. The summed E-state index contributed by atoms with van der Waals surface area (Å²) in [6.07, 6.45) is 0. The van der Waals surface area contributed by atoms with Crippen LogP contribution in [0.5, 0.6) is 5.75 Å². The number of nitrogens with two attached hydrogens (primary N) is 1. The molecule has 106 valence electrons. The fourth-order valence-corrected chi connectivity index (χ4v) is 1.65. The second-order valence-corrected chi connectivity index (χ2v) is 4.14. The molecule has 1 aromatic carbocycles. The topological polar surface area (TPSA) is 64.8 Å². The smallest absolute Gasteiger partial charge is 0.319 e. The number of ether oxygens (including phenoxy) is 2. The van der Waals surface area contributed by atoms with E-state index < -0.39 is 0 Å².